The smallest absolute Gasteiger partial charge is 0.243 e. The third kappa shape index (κ3) is 2.32. The van der Waals surface area contributed by atoms with E-state index in [4.69, 9.17) is 0 Å². The van der Waals surface area contributed by atoms with Crippen molar-refractivity contribution in [1.82, 2.24) is 14.6 Å². The summed E-state index contributed by atoms with van der Waals surface area (Å²) in [6, 6.07) is 5.99. The van der Waals surface area contributed by atoms with Gasteiger partial charge in [0.25, 0.3) is 0 Å². The molecule has 0 unspecified atom stereocenters. The zero-order valence-corrected chi connectivity index (χ0v) is 10.1. The first-order valence-corrected chi connectivity index (χ1v) is 5.73. The lowest BCUT2D eigenvalue weighted by atomic mass is 10.1. The second-order valence-corrected chi connectivity index (χ2v) is 4.48. The summed E-state index contributed by atoms with van der Waals surface area (Å²) in [5.41, 5.74) is 1.99. The number of fused-ring (bicyclic) bond motifs is 1. The molecule has 0 aliphatic carbocycles. The van der Waals surface area contributed by atoms with Gasteiger partial charge in [-0.05, 0) is 31.4 Å². The van der Waals surface area contributed by atoms with E-state index in [9.17, 15) is 0 Å². The Morgan fingerprint density at radius 1 is 1.38 bits per heavy atom. The van der Waals surface area contributed by atoms with Gasteiger partial charge in [-0.3, -0.25) is 0 Å². The average molecular weight is 218 g/mol. The van der Waals surface area contributed by atoms with Crippen molar-refractivity contribution in [3.05, 3.63) is 23.9 Å². The largest absolute Gasteiger partial charge is 0.353 e. The normalized spacial score (nSPS) is 11.2. The Kier molecular flexibility index (Phi) is 3.08. The van der Waals surface area contributed by atoms with Crippen LogP contribution >= 0.6 is 0 Å². The van der Waals surface area contributed by atoms with Crippen molar-refractivity contribution in [2.45, 2.75) is 27.2 Å². The van der Waals surface area contributed by atoms with Crippen LogP contribution in [0.3, 0.4) is 0 Å². The molecule has 0 spiro atoms. The minimum Gasteiger partial charge on any atom is -0.353 e. The minimum absolute atomic E-state index is 0.700. The average Bonchev–Trinajstić information content (AvgIpc) is 2.61. The van der Waals surface area contributed by atoms with E-state index in [2.05, 4.69) is 29.2 Å². The fraction of sp³-hybridized carbons (Fsp3) is 0.500. The molecule has 0 saturated carbocycles. The van der Waals surface area contributed by atoms with Gasteiger partial charge in [-0.15, -0.1) is 5.10 Å². The summed E-state index contributed by atoms with van der Waals surface area (Å²) in [4.78, 5) is 4.41. The highest BCUT2D eigenvalue weighted by Gasteiger charge is 2.04. The van der Waals surface area contributed by atoms with Gasteiger partial charge in [0.2, 0.25) is 5.95 Å². The molecule has 0 aliphatic heterocycles. The van der Waals surface area contributed by atoms with Crippen LogP contribution in [0.15, 0.2) is 18.2 Å². The first-order valence-electron chi connectivity index (χ1n) is 5.73. The van der Waals surface area contributed by atoms with E-state index in [0.717, 1.165) is 30.3 Å². The molecule has 0 aromatic carbocycles. The zero-order chi connectivity index (χ0) is 11.5. The van der Waals surface area contributed by atoms with E-state index in [1.54, 1.807) is 0 Å². The van der Waals surface area contributed by atoms with E-state index in [1.165, 1.54) is 0 Å². The van der Waals surface area contributed by atoms with Crippen molar-refractivity contribution in [1.29, 1.82) is 0 Å². The molecule has 0 amide bonds. The van der Waals surface area contributed by atoms with Crippen LogP contribution in [-0.2, 0) is 0 Å². The minimum atomic E-state index is 0.700. The molecule has 2 rings (SSSR count). The van der Waals surface area contributed by atoms with Crippen LogP contribution in [0.1, 0.15) is 26.0 Å². The topological polar surface area (TPSA) is 42.2 Å². The Hall–Kier alpha value is -1.58. The molecule has 2 aromatic rings. The van der Waals surface area contributed by atoms with Crippen molar-refractivity contribution in [2.75, 3.05) is 11.9 Å². The zero-order valence-electron chi connectivity index (χ0n) is 10.1. The second-order valence-electron chi connectivity index (χ2n) is 4.48. The van der Waals surface area contributed by atoms with Crippen molar-refractivity contribution in [3.63, 3.8) is 0 Å². The fourth-order valence-electron chi connectivity index (χ4n) is 1.58. The molecule has 1 N–H and O–H groups in total. The molecule has 0 bridgehead atoms. The van der Waals surface area contributed by atoms with E-state index >= 15 is 0 Å². The molecular weight excluding hydrogens is 200 g/mol. The van der Waals surface area contributed by atoms with Crippen LogP contribution < -0.4 is 5.32 Å². The Morgan fingerprint density at radius 3 is 2.88 bits per heavy atom. The Bertz CT molecular complexity index is 473. The first-order chi connectivity index (χ1) is 7.66. The molecule has 0 atom stereocenters. The lowest BCUT2D eigenvalue weighted by molar-refractivity contribution is 0.606. The maximum atomic E-state index is 4.41. The Labute approximate surface area is 95.7 Å². The predicted molar refractivity (Wildman–Crippen MR) is 65.7 cm³/mol. The van der Waals surface area contributed by atoms with Gasteiger partial charge in [0.1, 0.15) is 0 Å². The predicted octanol–water partition coefficient (Wildman–Crippen LogP) is 2.50. The number of aromatic nitrogens is 3. The molecule has 4 nitrogen and oxygen atoms in total. The Morgan fingerprint density at radius 2 is 2.19 bits per heavy atom. The van der Waals surface area contributed by atoms with Gasteiger partial charge >= 0.3 is 0 Å². The molecule has 0 radical (unpaired) electrons. The van der Waals surface area contributed by atoms with Gasteiger partial charge in [-0.2, -0.15) is 4.98 Å². The van der Waals surface area contributed by atoms with E-state index in [0.29, 0.717) is 5.92 Å². The summed E-state index contributed by atoms with van der Waals surface area (Å²) in [5.74, 6) is 1.42. The number of aryl methyl sites for hydroxylation is 1. The number of rotatable bonds is 4. The lowest BCUT2D eigenvalue weighted by Gasteiger charge is -2.03. The maximum Gasteiger partial charge on any atom is 0.243 e. The molecule has 16 heavy (non-hydrogen) atoms. The van der Waals surface area contributed by atoms with Crippen LogP contribution in [0.5, 0.6) is 0 Å². The standard InChI is InChI=1S/C12H18N4/c1-9(2)7-8-13-12-14-11-6-4-5-10(3)16(11)15-12/h4-6,9H,7-8H2,1-3H3,(H,13,15). The third-order valence-corrected chi connectivity index (χ3v) is 2.55. The number of pyridine rings is 1. The summed E-state index contributed by atoms with van der Waals surface area (Å²) in [7, 11) is 0. The molecule has 4 heteroatoms. The van der Waals surface area contributed by atoms with E-state index < -0.39 is 0 Å². The van der Waals surface area contributed by atoms with Gasteiger partial charge in [-0.25, -0.2) is 4.52 Å². The van der Waals surface area contributed by atoms with Crippen LogP contribution in [0.25, 0.3) is 5.65 Å². The van der Waals surface area contributed by atoms with Crippen LogP contribution in [-0.4, -0.2) is 21.1 Å². The van der Waals surface area contributed by atoms with E-state index in [1.807, 2.05) is 29.6 Å². The van der Waals surface area contributed by atoms with E-state index in [-0.39, 0.29) is 0 Å². The van der Waals surface area contributed by atoms with Crippen LogP contribution in [0.2, 0.25) is 0 Å². The van der Waals surface area contributed by atoms with Crippen LogP contribution in [0, 0.1) is 12.8 Å². The Balaban J connectivity index is 2.11. The molecule has 0 saturated heterocycles. The van der Waals surface area contributed by atoms with Crippen LogP contribution in [0.4, 0.5) is 5.95 Å². The highest BCUT2D eigenvalue weighted by molar-refractivity contribution is 5.44. The highest BCUT2D eigenvalue weighted by Crippen LogP contribution is 2.08. The summed E-state index contributed by atoms with van der Waals surface area (Å²) in [6.07, 6.45) is 1.13. The summed E-state index contributed by atoms with van der Waals surface area (Å²) in [5, 5.41) is 7.65. The number of nitrogens with one attached hydrogen (secondary N) is 1. The van der Waals surface area contributed by atoms with Gasteiger partial charge in [-0.1, -0.05) is 19.9 Å². The third-order valence-electron chi connectivity index (χ3n) is 2.55. The second kappa shape index (κ2) is 4.51. The molecular formula is C12H18N4. The number of hydrogen-bond donors (Lipinski definition) is 1. The van der Waals surface area contributed by atoms with Gasteiger partial charge in [0, 0.05) is 12.2 Å². The van der Waals surface area contributed by atoms with Crippen molar-refractivity contribution in [2.24, 2.45) is 5.92 Å². The highest BCUT2D eigenvalue weighted by atomic mass is 15.3. The van der Waals surface area contributed by atoms with Gasteiger partial charge in [0.15, 0.2) is 5.65 Å². The summed E-state index contributed by atoms with van der Waals surface area (Å²) >= 11 is 0. The lowest BCUT2D eigenvalue weighted by Crippen LogP contribution is -2.06. The van der Waals surface area contributed by atoms with Crippen molar-refractivity contribution >= 4 is 11.6 Å². The van der Waals surface area contributed by atoms with Gasteiger partial charge < -0.3 is 5.32 Å². The van der Waals surface area contributed by atoms with Crippen molar-refractivity contribution in [3.8, 4) is 0 Å². The molecule has 0 fully saturated rings. The number of anilines is 1. The summed E-state index contributed by atoms with van der Waals surface area (Å²) < 4.78 is 1.86. The molecule has 2 aromatic heterocycles. The SMILES string of the molecule is Cc1cccc2nc(NCCC(C)C)nn12. The first kappa shape index (κ1) is 10.9. The summed E-state index contributed by atoms with van der Waals surface area (Å²) in [6.45, 7) is 7.37. The molecule has 2 heterocycles. The van der Waals surface area contributed by atoms with Gasteiger partial charge in [0.05, 0.1) is 0 Å². The maximum absolute atomic E-state index is 4.41. The monoisotopic (exact) mass is 218 g/mol. The molecule has 86 valence electrons. The molecule has 0 aliphatic rings. The number of nitrogens with zero attached hydrogens (tertiary/aromatic N) is 3. The quantitative estimate of drug-likeness (QED) is 0.857. The fourth-order valence-corrected chi connectivity index (χ4v) is 1.58. The van der Waals surface area contributed by atoms with Crippen molar-refractivity contribution < 1.29 is 0 Å². The number of hydrogen-bond acceptors (Lipinski definition) is 3.